The quantitative estimate of drug-likeness (QED) is 0.0300. The number of carboxylic acid groups (broad SMARTS) is 2. The van der Waals surface area contributed by atoms with Crippen molar-refractivity contribution < 1.29 is 63.3 Å². The molecular formula is C52H62N10O13S. The summed E-state index contributed by atoms with van der Waals surface area (Å²) in [5.74, 6) is -9.56. The predicted molar refractivity (Wildman–Crippen MR) is 281 cm³/mol. The molecule has 0 bridgehead atoms. The third-order valence-electron chi connectivity index (χ3n) is 12.2. The van der Waals surface area contributed by atoms with E-state index in [0.29, 0.717) is 33.3 Å². The van der Waals surface area contributed by atoms with Crippen LogP contribution >= 0.6 is 11.8 Å². The Morgan fingerprint density at radius 2 is 1.18 bits per heavy atom. The molecule has 5 aromatic rings. The number of primary amides is 1. The lowest BCUT2D eigenvalue weighted by molar-refractivity contribution is -0.141. The molecule has 0 radical (unpaired) electrons. The van der Waals surface area contributed by atoms with Crippen LogP contribution < -0.4 is 48.7 Å². The second kappa shape index (κ2) is 28.2. The molecule has 0 spiro atoms. The van der Waals surface area contributed by atoms with Crippen LogP contribution in [0.4, 0.5) is 0 Å². The van der Waals surface area contributed by atoms with Crippen LogP contribution in [-0.2, 0) is 67.2 Å². The van der Waals surface area contributed by atoms with E-state index in [-0.39, 0.29) is 37.9 Å². The molecule has 23 nitrogen and oxygen atoms in total. The molecule has 4 aromatic carbocycles. The van der Waals surface area contributed by atoms with Crippen molar-refractivity contribution in [2.24, 2.45) is 11.5 Å². The predicted octanol–water partition coefficient (Wildman–Crippen LogP) is 0.00470. The summed E-state index contributed by atoms with van der Waals surface area (Å²) in [5, 5.41) is 48.5. The van der Waals surface area contributed by atoms with Crippen LogP contribution in [0, 0.1) is 0 Å². The van der Waals surface area contributed by atoms with Gasteiger partial charge in [0.05, 0.1) is 19.0 Å². The van der Waals surface area contributed by atoms with Gasteiger partial charge in [0.15, 0.2) is 0 Å². The third-order valence-corrected chi connectivity index (χ3v) is 12.8. The van der Waals surface area contributed by atoms with Crippen molar-refractivity contribution >= 4 is 92.6 Å². The van der Waals surface area contributed by atoms with Gasteiger partial charge in [-0.3, -0.25) is 47.9 Å². The van der Waals surface area contributed by atoms with Gasteiger partial charge in [0.1, 0.15) is 42.0 Å². The maximum atomic E-state index is 14.4. The first-order valence-corrected chi connectivity index (χ1v) is 25.5. The van der Waals surface area contributed by atoms with Gasteiger partial charge in [0.25, 0.3) is 0 Å². The van der Waals surface area contributed by atoms with Crippen molar-refractivity contribution in [3.63, 3.8) is 0 Å². The maximum absolute atomic E-state index is 14.4. The normalized spacial score (nSPS) is 13.8. The molecule has 404 valence electrons. The van der Waals surface area contributed by atoms with Gasteiger partial charge < -0.3 is 69.0 Å². The number of amides is 8. The number of nitrogens with two attached hydrogens (primary N) is 2. The molecule has 0 aliphatic heterocycles. The number of aromatic hydroxyl groups is 1. The SMILES string of the molecule is CSCC[C@H](NC(=O)[C@H](Cc1c[nH]c2ccccc12)NC(=O)CNC(=O)[C@H](Cc1ccc(O)cc1)NC(=O)[C@H](C)NC(=O)[C@H](N)CCC(=O)O)C(=O)N[C@@H](CC(=O)O)C(=O)N[C@@H](Cc1cccc2ccccc12)C(N)=O. The number of aliphatic carboxylic acids is 2. The number of nitrogens with one attached hydrogen (secondary N) is 8. The topological polar surface area (TPSA) is 383 Å². The highest BCUT2D eigenvalue weighted by Gasteiger charge is 2.33. The molecule has 5 rings (SSSR count). The Balaban J connectivity index is 1.32. The minimum Gasteiger partial charge on any atom is -0.508 e. The summed E-state index contributed by atoms with van der Waals surface area (Å²) in [6.45, 7) is 0.577. The highest BCUT2D eigenvalue weighted by Crippen LogP contribution is 2.21. The molecule has 7 atom stereocenters. The number of thioether (sulfide) groups is 1. The van der Waals surface area contributed by atoms with E-state index in [1.165, 1.54) is 43.0 Å². The number of rotatable bonds is 29. The van der Waals surface area contributed by atoms with Gasteiger partial charge in [0.2, 0.25) is 47.3 Å². The number of aromatic nitrogens is 1. The molecule has 0 unspecified atom stereocenters. The van der Waals surface area contributed by atoms with Crippen LogP contribution in [0.25, 0.3) is 21.7 Å². The maximum Gasteiger partial charge on any atom is 0.305 e. The highest BCUT2D eigenvalue weighted by molar-refractivity contribution is 7.98. The second-order valence-corrected chi connectivity index (χ2v) is 18.9. The van der Waals surface area contributed by atoms with Gasteiger partial charge in [-0.15, -0.1) is 0 Å². The number of phenols is 1. The lowest BCUT2D eigenvalue weighted by Crippen LogP contribution is -2.59. The van der Waals surface area contributed by atoms with E-state index < -0.39 is 121 Å². The fourth-order valence-corrected chi connectivity index (χ4v) is 8.53. The number of phenolic OH excluding ortho intramolecular Hbond substituents is 1. The fourth-order valence-electron chi connectivity index (χ4n) is 8.05. The number of carbonyl (C=O) groups is 10. The van der Waals surface area contributed by atoms with E-state index in [2.05, 4.69) is 42.2 Å². The molecule has 0 aliphatic carbocycles. The first kappa shape index (κ1) is 58.4. The number of para-hydroxylation sites is 1. The standard InChI is InChI=1S/C52H62N10O13S/c1-28(57-48(71)36(53)18-19-44(65)66)47(70)61-40(22-29-14-16-33(63)17-15-29)49(72)56-27-43(64)58-41(24-32-26-55-37-13-6-5-12-35(32)37)51(74)59-38(20-21-76-2)50(73)62-42(25-45(67)68)52(75)60-39(46(54)69)23-31-10-7-9-30-8-3-4-11-34(30)31/h3-17,26,28,36,38-42,55,63H,18-25,27,53H2,1-2H3,(H2,54,69)(H,56,72)(H,57,71)(H,58,64)(H,59,74)(H,60,75)(H,61,70)(H,62,73)(H,65,66)(H,67,68)/t28-,36+,38-,39-,40-,41-,42-/m0/s1. The third kappa shape index (κ3) is 17.6. The highest BCUT2D eigenvalue weighted by atomic mass is 32.2. The largest absolute Gasteiger partial charge is 0.508 e. The van der Waals surface area contributed by atoms with E-state index in [1.807, 2.05) is 24.3 Å². The number of H-pyrrole nitrogens is 1. The number of carboxylic acids is 2. The van der Waals surface area contributed by atoms with Crippen molar-refractivity contribution in [3.05, 3.63) is 114 Å². The molecular weight excluding hydrogens is 1000 g/mol. The first-order chi connectivity index (χ1) is 36.2. The zero-order valence-corrected chi connectivity index (χ0v) is 42.4. The molecule has 1 heterocycles. The number of hydrogen-bond acceptors (Lipinski definition) is 13. The molecule has 15 N–H and O–H groups in total. The van der Waals surface area contributed by atoms with Gasteiger partial charge in [0, 0.05) is 42.8 Å². The molecule has 8 amide bonds. The summed E-state index contributed by atoms with van der Waals surface area (Å²) < 4.78 is 0. The minimum absolute atomic E-state index is 0.0249. The van der Waals surface area contributed by atoms with Crippen LogP contribution in [0.15, 0.2) is 97.2 Å². The van der Waals surface area contributed by atoms with E-state index >= 15 is 0 Å². The molecule has 0 saturated carbocycles. The second-order valence-electron chi connectivity index (χ2n) is 17.9. The lowest BCUT2D eigenvalue weighted by atomic mass is 9.98. The van der Waals surface area contributed by atoms with Gasteiger partial charge in [-0.2, -0.15) is 11.8 Å². The summed E-state index contributed by atoms with van der Waals surface area (Å²) in [4.78, 5) is 135. The van der Waals surface area contributed by atoms with Gasteiger partial charge >= 0.3 is 11.9 Å². The summed E-state index contributed by atoms with van der Waals surface area (Å²) in [7, 11) is 0. The zero-order valence-electron chi connectivity index (χ0n) is 41.6. The molecule has 24 heteroatoms. The van der Waals surface area contributed by atoms with Gasteiger partial charge in [-0.25, -0.2) is 0 Å². The smallest absolute Gasteiger partial charge is 0.305 e. The average Bonchev–Trinajstić information content (AvgIpc) is 3.80. The van der Waals surface area contributed by atoms with Crippen molar-refractivity contribution in [2.75, 3.05) is 18.6 Å². The summed E-state index contributed by atoms with van der Waals surface area (Å²) in [6, 6.07) is 15.8. The van der Waals surface area contributed by atoms with E-state index in [9.17, 15) is 58.2 Å². The summed E-state index contributed by atoms with van der Waals surface area (Å²) >= 11 is 1.32. The summed E-state index contributed by atoms with van der Waals surface area (Å²) in [6.07, 6.45) is 1.49. The van der Waals surface area contributed by atoms with Crippen LogP contribution in [0.1, 0.15) is 49.3 Å². The monoisotopic (exact) mass is 1070 g/mol. The van der Waals surface area contributed by atoms with Crippen molar-refractivity contribution in [1.82, 2.24) is 42.2 Å². The van der Waals surface area contributed by atoms with Crippen LogP contribution in [-0.4, -0.2) is 140 Å². The molecule has 0 saturated heterocycles. The van der Waals surface area contributed by atoms with Crippen molar-refractivity contribution in [1.29, 1.82) is 0 Å². The van der Waals surface area contributed by atoms with Crippen LogP contribution in [0.5, 0.6) is 5.75 Å². The number of benzene rings is 4. The Labute approximate surface area is 440 Å². The zero-order chi connectivity index (χ0) is 55.5. The lowest BCUT2D eigenvalue weighted by Gasteiger charge is -2.26. The Morgan fingerprint density at radius 1 is 0.592 bits per heavy atom. The van der Waals surface area contributed by atoms with Crippen LogP contribution in [0.3, 0.4) is 0 Å². The van der Waals surface area contributed by atoms with Gasteiger partial charge in [-0.05, 0) is 77.4 Å². The van der Waals surface area contributed by atoms with E-state index in [4.69, 9.17) is 16.6 Å². The Kier molecular flexibility index (Phi) is 21.7. The van der Waals surface area contributed by atoms with E-state index in [1.54, 1.807) is 54.9 Å². The number of hydrogen-bond donors (Lipinski definition) is 13. The fraction of sp³-hybridized carbons (Fsp3) is 0.346. The number of carbonyl (C=O) groups excluding carboxylic acids is 8. The Morgan fingerprint density at radius 3 is 1.87 bits per heavy atom. The number of fused-ring (bicyclic) bond motifs is 2. The Hall–Kier alpha value is -8.51. The van der Waals surface area contributed by atoms with Crippen molar-refractivity contribution in [2.45, 2.75) is 94.2 Å². The molecule has 1 aromatic heterocycles. The van der Waals surface area contributed by atoms with E-state index in [0.717, 1.165) is 10.8 Å². The first-order valence-electron chi connectivity index (χ1n) is 24.1. The molecule has 0 aliphatic rings. The Bertz CT molecular complexity index is 2910. The number of aromatic amines is 1. The van der Waals surface area contributed by atoms with Gasteiger partial charge in [-0.1, -0.05) is 72.8 Å². The molecule has 76 heavy (non-hydrogen) atoms. The molecule has 0 fully saturated rings. The minimum atomic E-state index is -1.74. The van der Waals surface area contributed by atoms with Crippen LogP contribution in [0.2, 0.25) is 0 Å². The average molecular weight is 1070 g/mol. The summed E-state index contributed by atoms with van der Waals surface area (Å²) in [5.41, 5.74) is 13.9. The van der Waals surface area contributed by atoms with Crippen molar-refractivity contribution in [3.8, 4) is 5.75 Å².